The van der Waals surface area contributed by atoms with E-state index in [9.17, 15) is 9.59 Å². The van der Waals surface area contributed by atoms with Crippen molar-refractivity contribution >= 4 is 45.7 Å². The average molecular weight is 505 g/mol. The standard InChI is InChI=1S/C27H25ClN4O2S/c1-15-30-24(25(35-15)16-6-5-7-18(28)10-16)27(34)32-13-17-11-20(17)23(32)12-29-26(33)21-14-31(2)22-9-4-3-8-19(21)22/h3-10,14,17,20,23H,11-13H2,1-2H3,(H,29,33)/t17-,20-,23+/m0/s1. The summed E-state index contributed by atoms with van der Waals surface area (Å²) in [5.41, 5.74) is 3.05. The Bertz CT molecular complexity index is 1480. The molecule has 2 aliphatic rings. The molecule has 0 unspecified atom stereocenters. The van der Waals surface area contributed by atoms with Gasteiger partial charge in [-0.3, -0.25) is 9.59 Å². The fourth-order valence-electron chi connectivity index (χ4n) is 5.41. The van der Waals surface area contributed by atoms with Gasteiger partial charge in [0, 0.05) is 42.3 Å². The number of fused-ring (bicyclic) bond motifs is 2. The van der Waals surface area contributed by atoms with Crippen LogP contribution >= 0.6 is 22.9 Å². The zero-order valence-corrected chi connectivity index (χ0v) is 21.1. The molecule has 3 heterocycles. The molecule has 2 aromatic heterocycles. The largest absolute Gasteiger partial charge is 0.350 e. The van der Waals surface area contributed by atoms with Crippen molar-refractivity contribution in [2.45, 2.75) is 19.4 Å². The molecule has 1 N–H and O–H groups in total. The maximum absolute atomic E-state index is 13.7. The van der Waals surface area contributed by atoms with Crippen LogP contribution in [-0.2, 0) is 7.05 Å². The third-order valence-corrected chi connectivity index (χ3v) is 8.46. The molecule has 0 spiro atoms. The van der Waals surface area contributed by atoms with E-state index in [0.717, 1.165) is 32.8 Å². The minimum atomic E-state index is -0.109. The van der Waals surface area contributed by atoms with Crippen molar-refractivity contribution in [2.75, 3.05) is 13.1 Å². The molecule has 1 aliphatic heterocycles. The number of amides is 2. The molecule has 0 bridgehead atoms. The fraction of sp³-hybridized carbons (Fsp3) is 0.296. The van der Waals surface area contributed by atoms with Gasteiger partial charge in [-0.2, -0.15) is 0 Å². The fourth-order valence-corrected chi connectivity index (χ4v) is 6.51. The van der Waals surface area contributed by atoms with Gasteiger partial charge in [0.15, 0.2) is 0 Å². The molecule has 8 heteroatoms. The molecule has 6 nitrogen and oxygen atoms in total. The summed E-state index contributed by atoms with van der Waals surface area (Å²) in [6, 6.07) is 15.4. The molecule has 6 rings (SSSR count). The number of aryl methyl sites for hydroxylation is 2. The molecule has 3 atom stereocenters. The van der Waals surface area contributed by atoms with Gasteiger partial charge in [-0.1, -0.05) is 41.9 Å². The number of benzene rings is 2. The van der Waals surface area contributed by atoms with Crippen LogP contribution in [0.4, 0.5) is 0 Å². The number of nitrogens with zero attached hydrogens (tertiary/aromatic N) is 3. The monoisotopic (exact) mass is 504 g/mol. The lowest BCUT2D eigenvalue weighted by Crippen LogP contribution is -2.45. The Morgan fingerprint density at radius 3 is 2.86 bits per heavy atom. The van der Waals surface area contributed by atoms with Gasteiger partial charge in [-0.25, -0.2) is 4.98 Å². The van der Waals surface area contributed by atoms with Crippen molar-refractivity contribution in [3.05, 3.63) is 76.0 Å². The van der Waals surface area contributed by atoms with Gasteiger partial charge < -0.3 is 14.8 Å². The molecule has 0 radical (unpaired) electrons. The van der Waals surface area contributed by atoms with E-state index < -0.39 is 0 Å². The quantitative estimate of drug-likeness (QED) is 0.408. The van der Waals surface area contributed by atoms with Gasteiger partial charge in [-0.15, -0.1) is 11.3 Å². The Balaban J connectivity index is 1.23. The second-order valence-electron chi connectivity index (χ2n) is 9.49. The minimum Gasteiger partial charge on any atom is -0.350 e. The van der Waals surface area contributed by atoms with E-state index in [2.05, 4.69) is 10.3 Å². The number of carbonyl (C=O) groups is 2. The molecule has 2 amide bonds. The van der Waals surface area contributed by atoms with E-state index in [1.54, 1.807) is 0 Å². The topological polar surface area (TPSA) is 67.2 Å². The number of hydrogen-bond acceptors (Lipinski definition) is 4. The lowest BCUT2D eigenvalue weighted by atomic mass is 10.1. The van der Waals surface area contributed by atoms with Crippen LogP contribution in [0.3, 0.4) is 0 Å². The predicted octanol–water partition coefficient (Wildman–Crippen LogP) is 5.15. The normalized spacial score (nSPS) is 20.8. The maximum atomic E-state index is 13.7. The highest BCUT2D eigenvalue weighted by Gasteiger charge is 2.54. The number of rotatable bonds is 5. The first-order chi connectivity index (χ1) is 16.9. The minimum absolute atomic E-state index is 0.0272. The van der Waals surface area contributed by atoms with Crippen LogP contribution in [0.2, 0.25) is 5.02 Å². The molecular weight excluding hydrogens is 480 g/mol. The van der Waals surface area contributed by atoms with Crippen molar-refractivity contribution in [3.63, 3.8) is 0 Å². The van der Waals surface area contributed by atoms with Crippen molar-refractivity contribution in [2.24, 2.45) is 18.9 Å². The molecule has 1 aliphatic carbocycles. The van der Waals surface area contributed by atoms with Gasteiger partial charge in [0.25, 0.3) is 11.8 Å². The van der Waals surface area contributed by atoms with Gasteiger partial charge in [0.1, 0.15) is 5.69 Å². The maximum Gasteiger partial charge on any atom is 0.274 e. The van der Waals surface area contributed by atoms with Crippen molar-refractivity contribution in [3.8, 4) is 10.4 Å². The number of carbonyl (C=O) groups excluding carboxylic acids is 2. The molecule has 35 heavy (non-hydrogen) atoms. The Kier molecular flexibility index (Phi) is 5.42. The summed E-state index contributed by atoms with van der Waals surface area (Å²) in [7, 11) is 1.94. The van der Waals surface area contributed by atoms with Gasteiger partial charge in [-0.05, 0) is 48.9 Å². The van der Waals surface area contributed by atoms with Gasteiger partial charge >= 0.3 is 0 Å². The zero-order valence-electron chi connectivity index (χ0n) is 19.5. The second-order valence-corrected chi connectivity index (χ2v) is 11.1. The molecular formula is C27H25ClN4O2S. The van der Waals surface area contributed by atoms with Gasteiger partial charge in [0.2, 0.25) is 0 Å². The molecule has 1 saturated heterocycles. The second kappa shape index (κ2) is 8.50. The number of para-hydroxylation sites is 1. The van der Waals surface area contributed by atoms with E-state index >= 15 is 0 Å². The lowest BCUT2D eigenvalue weighted by molar-refractivity contribution is 0.0690. The van der Waals surface area contributed by atoms with Crippen LogP contribution < -0.4 is 5.32 Å². The summed E-state index contributed by atoms with van der Waals surface area (Å²) in [4.78, 5) is 34.2. The summed E-state index contributed by atoms with van der Waals surface area (Å²) in [5.74, 6) is 0.761. The zero-order chi connectivity index (χ0) is 24.3. The molecule has 1 saturated carbocycles. The molecule has 2 fully saturated rings. The third-order valence-electron chi connectivity index (χ3n) is 7.20. The van der Waals surface area contributed by atoms with E-state index in [0.29, 0.717) is 41.2 Å². The van der Waals surface area contributed by atoms with Crippen LogP contribution in [0.15, 0.2) is 54.7 Å². The number of thiazole rings is 1. The highest BCUT2D eigenvalue weighted by Crippen LogP contribution is 2.50. The number of piperidine rings is 1. The molecule has 2 aromatic carbocycles. The number of hydrogen-bond donors (Lipinski definition) is 1. The first-order valence-corrected chi connectivity index (χ1v) is 13.0. The van der Waals surface area contributed by atoms with Crippen LogP contribution in [0.1, 0.15) is 32.3 Å². The summed E-state index contributed by atoms with van der Waals surface area (Å²) in [6.45, 7) is 3.06. The highest BCUT2D eigenvalue weighted by atomic mass is 35.5. The summed E-state index contributed by atoms with van der Waals surface area (Å²) < 4.78 is 1.97. The number of halogens is 1. The number of likely N-dealkylation sites (tertiary alicyclic amines) is 1. The van der Waals surface area contributed by atoms with E-state index in [-0.39, 0.29) is 17.9 Å². The van der Waals surface area contributed by atoms with E-state index in [4.69, 9.17) is 11.6 Å². The lowest BCUT2D eigenvalue weighted by Gasteiger charge is -2.27. The number of nitrogens with one attached hydrogen (secondary N) is 1. The van der Waals surface area contributed by atoms with Crippen LogP contribution in [0.25, 0.3) is 21.3 Å². The van der Waals surface area contributed by atoms with E-state index in [1.807, 2.05) is 78.2 Å². The summed E-state index contributed by atoms with van der Waals surface area (Å²) in [6.07, 6.45) is 2.97. The molecule has 178 valence electrons. The smallest absolute Gasteiger partial charge is 0.274 e. The first kappa shape index (κ1) is 22.3. The Morgan fingerprint density at radius 1 is 1.20 bits per heavy atom. The Morgan fingerprint density at radius 2 is 2.03 bits per heavy atom. The van der Waals surface area contributed by atoms with E-state index in [1.165, 1.54) is 11.3 Å². The van der Waals surface area contributed by atoms with Crippen LogP contribution in [0, 0.1) is 18.8 Å². The van der Waals surface area contributed by atoms with Crippen molar-refractivity contribution < 1.29 is 9.59 Å². The average Bonchev–Trinajstić information content (AvgIpc) is 3.18. The first-order valence-electron chi connectivity index (χ1n) is 11.8. The highest BCUT2D eigenvalue weighted by molar-refractivity contribution is 7.15. The summed E-state index contributed by atoms with van der Waals surface area (Å²) in [5, 5.41) is 5.52. The van der Waals surface area contributed by atoms with Crippen LogP contribution in [0.5, 0.6) is 0 Å². The van der Waals surface area contributed by atoms with Crippen molar-refractivity contribution in [1.29, 1.82) is 0 Å². The SMILES string of the molecule is Cc1nc(C(=O)N2C[C@@H]3C[C@@H]3[C@H]2CNC(=O)c2cn(C)c3ccccc23)c(-c2cccc(Cl)c2)s1. The predicted molar refractivity (Wildman–Crippen MR) is 139 cm³/mol. The van der Waals surface area contributed by atoms with Gasteiger partial charge in [0.05, 0.1) is 21.5 Å². The Hall–Kier alpha value is -3.16. The Labute approximate surface area is 212 Å². The number of aromatic nitrogens is 2. The third kappa shape index (κ3) is 3.93. The summed E-state index contributed by atoms with van der Waals surface area (Å²) >= 11 is 7.72. The molecule has 4 aromatic rings. The van der Waals surface area contributed by atoms with Crippen LogP contribution in [-0.4, -0.2) is 45.4 Å². The van der Waals surface area contributed by atoms with Crippen molar-refractivity contribution in [1.82, 2.24) is 19.8 Å².